The monoisotopic (exact) mass is 403 g/mol. The molecule has 1 amide bonds. The number of benzene rings is 2. The van der Waals surface area contributed by atoms with E-state index in [4.69, 9.17) is 5.73 Å². The first-order chi connectivity index (χ1) is 13.1. The first-order valence-electron chi connectivity index (χ1n) is 8.83. The standard InChI is InChI=1S/C21H23F2N3OS/c1-20(15-6-5-7-16(12-15)28-4)17(18(27)26(3)19(24)25-20)13-8-10-14(11-9-13)21(2,22)23/h5-12,17H,1-4H3,(H2,24,25)/t17-,20+/m0/s1. The maximum Gasteiger partial charge on any atom is 0.270 e. The van der Waals surface area contributed by atoms with E-state index in [1.54, 1.807) is 30.9 Å². The number of amides is 1. The number of hydrogen-bond acceptors (Lipinski definition) is 4. The predicted octanol–water partition coefficient (Wildman–Crippen LogP) is 4.31. The van der Waals surface area contributed by atoms with Crippen LogP contribution in [0.4, 0.5) is 8.78 Å². The van der Waals surface area contributed by atoms with Gasteiger partial charge in [-0.2, -0.15) is 0 Å². The quantitative estimate of drug-likeness (QED) is 0.774. The number of alkyl halides is 2. The zero-order valence-corrected chi connectivity index (χ0v) is 17.1. The summed E-state index contributed by atoms with van der Waals surface area (Å²) in [6, 6.07) is 13.7. The van der Waals surface area contributed by atoms with Gasteiger partial charge in [0.05, 0.1) is 5.92 Å². The molecule has 2 aromatic rings. The molecule has 0 spiro atoms. The van der Waals surface area contributed by atoms with E-state index < -0.39 is 17.4 Å². The van der Waals surface area contributed by atoms with Crippen molar-refractivity contribution in [3.8, 4) is 0 Å². The fraction of sp³-hybridized carbons (Fsp3) is 0.333. The molecule has 0 fully saturated rings. The van der Waals surface area contributed by atoms with E-state index in [2.05, 4.69) is 4.99 Å². The highest BCUT2D eigenvalue weighted by Crippen LogP contribution is 2.44. The van der Waals surface area contributed by atoms with Crippen LogP contribution < -0.4 is 5.73 Å². The Morgan fingerprint density at radius 2 is 1.86 bits per heavy atom. The highest BCUT2D eigenvalue weighted by Gasteiger charge is 2.47. The largest absolute Gasteiger partial charge is 0.369 e. The van der Waals surface area contributed by atoms with Gasteiger partial charge in [0.1, 0.15) is 5.54 Å². The van der Waals surface area contributed by atoms with Gasteiger partial charge in [0.25, 0.3) is 5.92 Å². The molecule has 1 aliphatic rings. The van der Waals surface area contributed by atoms with Gasteiger partial charge < -0.3 is 5.73 Å². The molecule has 0 bridgehead atoms. The number of rotatable bonds is 4. The number of likely N-dealkylation sites (N-methyl/N-ethyl adjacent to an activating group) is 1. The van der Waals surface area contributed by atoms with Crippen molar-refractivity contribution in [2.24, 2.45) is 10.7 Å². The predicted molar refractivity (Wildman–Crippen MR) is 109 cm³/mol. The van der Waals surface area contributed by atoms with Crippen molar-refractivity contribution in [2.45, 2.75) is 36.1 Å². The molecule has 2 atom stereocenters. The second-order valence-corrected chi connectivity index (χ2v) is 8.07. The van der Waals surface area contributed by atoms with Crippen molar-refractivity contribution >= 4 is 23.6 Å². The molecule has 3 rings (SSSR count). The van der Waals surface area contributed by atoms with Crippen LogP contribution >= 0.6 is 11.8 Å². The molecule has 7 heteroatoms. The molecule has 2 N–H and O–H groups in total. The van der Waals surface area contributed by atoms with E-state index >= 15 is 0 Å². The molecule has 0 saturated carbocycles. The van der Waals surface area contributed by atoms with E-state index in [1.807, 2.05) is 37.4 Å². The fourth-order valence-corrected chi connectivity index (χ4v) is 3.99. The number of carbonyl (C=O) groups excluding carboxylic acids is 1. The van der Waals surface area contributed by atoms with Crippen LogP contribution in [0, 0.1) is 0 Å². The number of hydrogen-bond donors (Lipinski definition) is 1. The van der Waals surface area contributed by atoms with Crippen molar-refractivity contribution < 1.29 is 13.6 Å². The lowest BCUT2D eigenvalue weighted by Crippen LogP contribution is -2.52. The molecule has 0 unspecified atom stereocenters. The molecular formula is C21H23F2N3OS. The molecule has 0 aromatic heterocycles. The van der Waals surface area contributed by atoms with Crippen molar-refractivity contribution in [2.75, 3.05) is 13.3 Å². The molecule has 28 heavy (non-hydrogen) atoms. The lowest BCUT2D eigenvalue weighted by molar-refractivity contribution is -0.130. The third-order valence-corrected chi connectivity index (χ3v) is 5.96. The number of guanidine groups is 1. The summed E-state index contributed by atoms with van der Waals surface area (Å²) >= 11 is 1.59. The third-order valence-electron chi connectivity index (χ3n) is 5.24. The Balaban J connectivity index is 2.16. The smallest absolute Gasteiger partial charge is 0.270 e. The molecule has 0 aliphatic carbocycles. The second kappa shape index (κ2) is 7.20. The zero-order chi connectivity index (χ0) is 20.7. The van der Waals surface area contributed by atoms with Crippen LogP contribution in [-0.4, -0.2) is 30.1 Å². The van der Waals surface area contributed by atoms with Gasteiger partial charge in [0.2, 0.25) is 5.91 Å². The van der Waals surface area contributed by atoms with Crippen molar-refractivity contribution in [3.05, 3.63) is 65.2 Å². The minimum Gasteiger partial charge on any atom is -0.369 e. The average molecular weight is 403 g/mol. The van der Waals surface area contributed by atoms with Gasteiger partial charge in [0.15, 0.2) is 5.96 Å². The van der Waals surface area contributed by atoms with Crippen molar-refractivity contribution in [1.82, 2.24) is 4.90 Å². The van der Waals surface area contributed by atoms with Crippen LogP contribution in [0.25, 0.3) is 0 Å². The number of nitrogens with zero attached hydrogens (tertiary/aromatic N) is 2. The van der Waals surface area contributed by atoms with Crippen molar-refractivity contribution in [1.29, 1.82) is 0 Å². The lowest BCUT2D eigenvalue weighted by Gasteiger charge is -2.41. The Kier molecular flexibility index (Phi) is 5.23. The van der Waals surface area contributed by atoms with Crippen LogP contribution in [0.1, 0.15) is 36.5 Å². The molecule has 1 aliphatic heterocycles. The second-order valence-electron chi connectivity index (χ2n) is 7.19. The molecule has 4 nitrogen and oxygen atoms in total. The maximum atomic E-state index is 13.6. The Morgan fingerprint density at radius 1 is 1.21 bits per heavy atom. The van der Waals surface area contributed by atoms with Gasteiger partial charge in [0, 0.05) is 24.4 Å². The minimum absolute atomic E-state index is 0.0954. The van der Waals surface area contributed by atoms with Gasteiger partial charge in [-0.3, -0.25) is 9.69 Å². The number of halogens is 2. The normalized spacial score (nSPS) is 22.9. The summed E-state index contributed by atoms with van der Waals surface area (Å²) in [7, 11) is 1.57. The number of nitrogens with two attached hydrogens (primary N) is 1. The van der Waals surface area contributed by atoms with Crippen molar-refractivity contribution in [3.63, 3.8) is 0 Å². The Hall–Kier alpha value is -2.41. The molecular weight excluding hydrogens is 380 g/mol. The summed E-state index contributed by atoms with van der Waals surface area (Å²) in [6.07, 6.45) is 1.97. The van der Waals surface area contributed by atoms with Gasteiger partial charge >= 0.3 is 0 Å². The van der Waals surface area contributed by atoms with Gasteiger partial charge in [-0.1, -0.05) is 36.4 Å². The molecule has 1 heterocycles. The summed E-state index contributed by atoms with van der Waals surface area (Å²) in [5, 5.41) is 0. The Labute approximate surface area is 167 Å². The van der Waals surface area contributed by atoms with Crippen LogP contribution in [0.5, 0.6) is 0 Å². The van der Waals surface area contributed by atoms with E-state index in [-0.39, 0.29) is 17.4 Å². The molecule has 0 radical (unpaired) electrons. The maximum absolute atomic E-state index is 13.6. The summed E-state index contributed by atoms with van der Waals surface area (Å²) < 4.78 is 27.2. The van der Waals surface area contributed by atoms with E-state index in [1.165, 1.54) is 17.0 Å². The van der Waals surface area contributed by atoms with E-state index in [9.17, 15) is 13.6 Å². The first kappa shape index (κ1) is 20.3. The molecule has 2 aromatic carbocycles. The van der Waals surface area contributed by atoms with Crippen LogP contribution in [0.2, 0.25) is 0 Å². The van der Waals surface area contributed by atoms with Gasteiger partial charge in [-0.15, -0.1) is 11.8 Å². The summed E-state index contributed by atoms with van der Waals surface area (Å²) in [5.41, 5.74) is 6.45. The van der Waals surface area contributed by atoms with Gasteiger partial charge in [-0.05, 0) is 36.4 Å². The number of carbonyl (C=O) groups is 1. The van der Waals surface area contributed by atoms with Crippen LogP contribution in [0.15, 0.2) is 58.4 Å². The van der Waals surface area contributed by atoms with E-state index in [0.717, 1.165) is 17.4 Å². The number of thioether (sulfide) groups is 1. The molecule has 0 saturated heterocycles. The summed E-state index contributed by atoms with van der Waals surface area (Å²) in [4.78, 5) is 20.2. The zero-order valence-electron chi connectivity index (χ0n) is 16.2. The topological polar surface area (TPSA) is 58.7 Å². The highest BCUT2D eigenvalue weighted by atomic mass is 32.2. The first-order valence-corrected chi connectivity index (χ1v) is 10.1. The third kappa shape index (κ3) is 3.51. The minimum atomic E-state index is -2.94. The average Bonchev–Trinajstić information content (AvgIpc) is 2.66. The summed E-state index contributed by atoms with van der Waals surface area (Å²) in [5.74, 6) is -3.71. The van der Waals surface area contributed by atoms with Crippen LogP contribution in [0.3, 0.4) is 0 Å². The fourth-order valence-electron chi connectivity index (χ4n) is 3.53. The van der Waals surface area contributed by atoms with Gasteiger partial charge in [-0.25, -0.2) is 13.8 Å². The molecule has 148 valence electrons. The number of aliphatic imine (C=N–C) groups is 1. The lowest BCUT2D eigenvalue weighted by atomic mass is 9.74. The Bertz CT molecular complexity index is 924. The SMILES string of the molecule is CSc1cccc([C@@]2(C)N=C(N)N(C)C(=O)[C@@H]2c2ccc(C(C)(F)F)cc2)c1. The van der Waals surface area contributed by atoms with Crippen LogP contribution in [-0.2, 0) is 16.3 Å². The highest BCUT2D eigenvalue weighted by molar-refractivity contribution is 7.98. The van der Waals surface area contributed by atoms with E-state index in [0.29, 0.717) is 5.56 Å². The summed E-state index contributed by atoms with van der Waals surface area (Å²) in [6.45, 7) is 2.71. The Morgan fingerprint density at radius 3 is 2.43 bits per heavy atom.